The van der Waals surface area contributed by atoms with E-state index in [1.54, 1.807) is 17.0 Å². The molecule has 2 aromatic rings. The Labute approximate surface area is 195 Å². The first kappa shape index (κ1) is 23.9. The number of nitrogens with zero attached hydrogens (tertiary/aromatic N) is 1. The lowest BCUT2D eigenvalue weighted by Crippen LogP contribution is -2.50. The Morgan fingerprint density at radius 3 is 2.42 bits per heavy atom. The number of hydrogen-bond acceptors (Lipinski definition) is 8. The van der Waals surface area contributed by atoms with Crippen molar-refractivity contribution >= 4 is 35.1 Å². The third-order valence-corrected chi connectivity index (χ3v) is 5.17. The van der Waals surface area contributed by atoms with Gasteiger partial charge in [0, 0.05) is 18.5 Å². The van der Waals surface area contributed by atoms with Gasteiger partial charge in [-0.1, -0.05) is 0 Å². The van der Waals surface area contributed by atoms with Gasteiger partial charge < -0.3 is 23.5 Å². The van der Waals surface area contributed by atoms with Crippen molar-refractivity contribution in [2.24, 2.45) is 5.92 Å². The van der Waals surface area contributed by atoms with E-state index < -0.39 is 17.7 Å². The van der Waals surface area contributed by atoms with Crippen molar-refractivity contribution in [3.63, 3.8) is 0 Å². The van der Waals surface area contributed by atoms with Crippen LogP contribution in [0.3, 0.4) is 0 Å². The van der Waals surface area contributed by atoms with E-state index in [0.29, 0.717) is 29.6 Å². The number of hydrazine groups is 1. The quantitative estimate of drug-likeness (QED) is 0.395. The molecule has 0 bridgehead atoms. The minimum Gasteiger partial charge on any atom is -0.493 e. The van der Waals surface area contributed by atoms with Crippen LogP contribution in [0.25, 0.3) is 0 Å². The molecule has 0 aliphatic carbocycles. The molecule has 0 spiro atoms. The maximum atomic E-state index is 12.6. The Morgan fingerprint density at radius 1 is 1.15 bits per heavy atom. The van der Waals surface area contributed by atoms with Crippen LogP contribution in [0.5, 0.6) is 17.2 Å². The lowest BCUT2D eigenvalue weighted by atomic mass is 10.1. The molecule has 12 heteroatoms. The molecule has 1 saturated heterocycles. The van der Waals surface area contributed by atoms with E-state index in [-0.39, 0.29) is 29.5 Å². The average molecular weight is 477 g/mol. The summed E-state index contributed by atoms with van der Waals surface area (Å²) < 4.78 is 20.9. The smallest absolute Gasteiger partial charge is 0.257 e. The van der Waals surface area contributed by atoms with Crippen molar-refractivity contribution in [2.45, 2.75) is 13.0 Å². The molecule has 1 aromatic heterocycles. The molecule has 3 rings (SSSR count). The SMILES string of the molecule is COc1cc(C(=O)NC(=S)NNC(=O)C2CC(=O)N(Cc3ccco3)C2)cc(OC)c1OC. The van der Waals surface area contributed by atoms with Gasteiger partial charge in [-0.2, -0.15) is 0 Å². The second-order valence-corrected chi connectivity index (χ2v) is 7.47. The molecular weight excluding hydrogens is 452 g/mol. The third-order valence-electron chi connectivity index (χ3n) is 4.97. The maximum absolute atomic E-state index is 12.6. The zero-order valence-electron chi connectivity index (χ0n) is 18.3. The van der Waals surface area contributed by atoms with Crippen LogP contribution in [0.2, 0.25) is 0 Å². The Bertz CT molecular complexity index is 1020. The van der Waals surface area contributed by atoms with Crippen LogP contribution in [0.15, 0.2) is 34.9 Å². The monoisotopic (exact) mass is 476 g/mol. The van der Waals surface area contributed by atoms with Crippen LogP contribution in [0.1, 0.15) is 22.5 Å². The standard InChI is InChI=1S/C21H24N4O7S/c1-29-15-7-12(8-16(30-2)18(15)31-3)19(27)22-21(33)24-23-20(28)13-9-17(26)25(10-13)11-14-5-4-6-32-14/h4-8,13H,9-11H2,1-3H3,(H,23,28)(H2,22,24,27,33). The number of thiocarbonyl (C=S) groups is 1. The molecule has 0 radical (unpaired) electrons. The van der Waals surface area contributed by atoms with Crippen molar-refractivity contribution in [2.75, 3.05) is 27.9 Å². The molecule has 1 aromatic carbocycles. The first-order valence-corrected chi connectivity index (χ1v) is 10.3. The van der Waals surface area contributed by atoms with Gasteiger partial charge in [0.25, 0.3) is 5.91 Å². The van der Waals surface area contributed by atoms with Gasteiger partial charge in [0.05, 0.1) is 40.1 Å². The van der Waals surface area contributed by atoms with Crippen LogP contribution >= 0.6 is 12.2 Å². The molecule has 2 heterocycles. The van der Waals surface area contributed by atoms with Gasteiger partial charge in [0.15, 0.2) is 16.6 Å². The van der Waals surface area contributed by atoms with Crippen LogP contribution in [0.4, 0.5) is 0 Å². The van der Waals surface area contributed by atoms with Crippen LogP contribution in [-0.2, 0) is 16.1 Å². The molecule has 176 valence electrons. The topological polar surface area (TPSA) is 131 Å². The van der Waals surface area contributed by atoms with E-state index in [1.807, 2.05) is 0 Å². The fourth-order valence-corrected chi connectivity index (χ4v) is 3.47. The minimum absolute atomic E-state index is 0.0682. The largest absolute Gasteiger partial charge is 0.493 e. The first-order valence-electron chi connectivity index (χ1n) is 9.87. The lowest BCUT2D eigenvalue weighted by Gasteiger charge is -2.16. The fourth-order valence-electron chi connectivity index (χ4n) is 3.33. The van der Waals surface area contributed by atoms with Gasteiger partial charge in [0.2, 0.25) is 17.6 Å². The summed E-state index contributed by atoms with van der Waals surface area (Å²) in [6.07, 6.45) is 1.59. The molecule has 0 saturated carbocycles. The molecular formula is C21H24N4O7S. The van der Waals surface area contributed by atoms with Crippen molar-refractivity contribution in [3.8, 4) is 17.2 Å². The van der Waals surface area contributed by atoms with E-state index in [1.165, 1.54) is 39.7 Å². The van der Waals surface area contributed by atoms with E-state index in [9.17, 15) is 14.4 Å². The number of furan rings is 1. The molecule has 11 nitrogen and oxygen atoms in total. The number of rotatable bonds is 7. The van der Waals surface area contributed by atoms with Gasteiger partial charge >= 0.3 is 0 Å². The summed E-state index contributed by atoms with van der Waals surface area (Å²) in [5.74, 6) is -0.0944. The number of carbonyl (C=O) groups excluding carboxylic acids is 3. The zero-order valence-corrected chi connectivity index (χ0v) is 19.1. The predicted molar refractivity (Wildman–Crippen MR) is 120 cm³/mol. The number of ether oxygens (including phenoxy) is 3. The van der Waals surface area contributed by atoms with E-state index >= 15 is 0 Å². The average Bonchev–Trinajstić information content (AvgIpc) is 3.46. The molecule has 1 fully saturated rings. The van der Waals surface area contributed by atoms with Gasteiger partial charge in [-0.05, 0) is 36.5 Å². The first-order chi connectivity index (χ1) is 15.9. The highest BCUT2D eigenvalue weighted by atomic mass is 32.1. The van der Waals surface area contributed by atoms with Gasteiger partial charge in [-0.15, -0.1) is 0 Å². The number of benzene rings is 1. The highest BCUT2D eigenvalue weighted by Crippen LogP contribution is 2.38. The Kier molecular flexibility index (Phi) is 7.72. The Hall–Kier alpha value is -3.80. The highest BCUT2D eigenvalue weighted by molar-refractivity contribution is 7.80. The second-order valence-electron chi connectivity index (χ2n) is 7.07. The Balaban J connectivity index is 1.52. The number of likely N-dealkylation sites (tertiary alicyclic amines) is 1. The lowest BCUT2D eigenvalue weighted by molar-refractivity contribution is -0.129. The van der Waals surface area contributed by atoms with Crippen molar-refractivity contribution in [1.82, 2.24) is 21.1 Å². The summed E-state index contributed by atoms with van der Waals surface area (Å²) in [7, 11) is 4.32. The number of nitrogens with one attached hydrogen (secondary N) is 3. The Morgan fingerprint density at radius 2 is 1.85 bits per heavy atom. The molecule has 1 aliphatic heterocycles. The fraction of sp³-hybridized carbons (Fsp3) is 0.333. The van der Waals surface area contributed by atoms with E-state index in [2.05, 4.69) is 16.2 Å². The van der Waals surface area contributed by atoms with Gasteiger partial charge in [-0.25, -0.2) is 0 Å². The molecule has 3 N–H and O–H groups in total. The predicted octanol–water partition coefficient (Wildman–Crippen LogP) is 0.990. The van der Waals surface area contributed by atoms with Gasteiger partial charge in [0.1, 0.15) is 5.76 Å². The third kappa shape index (κ3) is 5.71. The van der Waals surface area contributed by atoms with E-state index in [4.69, 9.17) is 30.8 Å². The van der Waals surface area contributed by atoms with Crippen molar-refractivity contribution < 1.29 is 33.0 Å². The summed E-state index contributed by atoms with van der Waals surface area (Å²) in [6.45, 7) is 0.546. The number of hydrogen-bond donors (Lipinski definition) is 3. The number of carbonyl (C=O) groups is 3. The molecule has 33 heavy (non-hydrogen) atoms. The second kappa shape index (κ2) is 10.7. The van der Waals surface area contributed by atoms with Crippen LogP contribution in [-0.4, -0.2) is 55.6 Å². The van der Waals surface area contributed by atoms with Crippen LogP contribution < -0.4 is 30.4 Å². The molecule has 1 atom stereocenters. The van der Waals surface area contributed by atoms with E-state index in [0.717, 1.165) is 0 Å². The molecule has 1 unspecified atom stereocenters. The molecule has 3 amide bonds. The highest BCUT2D eigenvalue weighted by Gasteiger charge is 2.34. The van der Waals surface area contributed by atoms with Crippen LogP contribution in [0, 0.1) is 5.92 Å². The van der Waals surface area contributed by atoms with Crippen molar-refractivity contribution in [1.29, 1.82) is 0 Å². The summed E-state index contributed by atoms with van der Waals surface area (Å²) in [4.78, 5) is 38.7. The van der Waals surface area contributed by atoms with Crippen molar-refractivity contribution in [3.05, 3.63) is 41.9 Å². The number of methoxy groups -OCH3 is 3. The summed E-state index contributed by atoms with van der Waals surface area (Å²) in [5, 5.41) is 2.33. The zero-order chi connectivity index (χ0) is 24.0. The summed E-state index contributed by atoms with van der Waals surface area (Å²) >= 11 is 5.08. The molecule has 1 aliphatic rings. The summed E-state index contributed by atoms with van der Waals surface area (Å²) in [6, 6.07) is 6.43. The summed E-state index contributed by atoms with van der Waals surface area (Å²) in [5.41, 5.74) is 5.11. The minimum atomic E-state index is -0.562. The normalized spacial score (nSPS) is 15.1. The van der Waals surface area contributed by atoms with Gasteiger partial charge in [-0.3, -0.25) is 30.6 Å². The number of amides is 3. The maximum Gasteiger partial charge on any atom is 0.257 e.